The summed E-state index contributed by atoms with van der Waals surface area (Å²) < 4.78 is 5.54. The van der Waals surface area contributed by atoms with Crippen LogP contribution in [0.15, 0.2) is 0 Å². The Morgan fingerprint density at radius 3 is 2.48 bits per heavy atom. The molecule has 0 bridgehead atoms. The lowest BCUT2D eigenvalue weighted by Gasteiger charge is -2.32. The van der Waals surface area contributed by atoms with Gasteiger partial charge in [0.15, 0.2) is 0 Å². The molecule has 6 heteroatoms. The molecule has 0 spiro atoms. The Bertz CT molecular complexity index is 350. The summed E-state index contributed by atoms with van der Waals surface area (Å²) in [4.78, 5) is 24.5. The van der Waals surface area contributed by atoms with E-state index in [9.17, 15) is 9.59 Å². The van der Waals surface area contributed by atoms with E-state index in [1.54, 1.807) is 0 Å². The Morgan fingerprint density at radius 1 is 1.33 bits per heavy atom. The molecule has 0 aromatic heterocycles. The van der Waals surface area contributed by atoms with Crippen LogP contribution in [0.25, 0.3) is 0 Å². The van der Waals surface area contributed by atoms with Crippen molar-refractivity contribution < 1.29 is 19.4 Å². The zero-order valence-electron chi connectivity index (χ0n) is 13.4. The molecule has 0 aromatic carbocycles. The van der Waals surface area contributed by atoms with Crippen LogP contribution < -0.4 is 5.32 Å². The molecule has 21 heavy (non-hydrogen) atoms. The normalized spacial score (nSPS) is 17.7. The molecule has 1 rings (SSSR count). The van der Waals surface area contributed by atoms with Gasteiger partial charge in [-0.05, 0) is 33.1 Å². The summed E-state index contributed by atoms with van der Waals surface area (Å²) in [5.41, 5.74) is -0.157. The molecule has 2 N–H and O–H groups in total. The number of likely N-dealkylation sites (tertiary alicyclic amines) is 1. The van der Waals surface area contributed by atoms with E-state index in [4.69, 9.17) is 9.84 Å². The Kier molecular flexibility index (Phi) is 7.11. The van der Waals surface area contributed by atoms with Crippen LogP contribution in [0.4, 0.5) is 0 Å². The highest BCUT2D eigenvalue weighted by Gasteiger charge is 2.23. The van der Waals surface area contributed by atoms with Gasteiger partial charge in [-0.3, -0.25) is 14.5 Å². The first-order chi connectivity index (χ1) is 9.82. The second kappa shape index (κ2) is 8.34. The first kappa shape index (κ1) is 17.9. The van der Waals surface area contributed by atoms with E-state index in [1.807, 2.05) is 13.8 Å². The molecule has 1 saturated heterocycles. The number of piperidine rings is 1. The number of nitrogens with zero attached hydrogens (tertiary/aromatic N) is 1. The zero-order valence-corrected chi connectivity index (χ0v) is 13.4. The highest BCUT2D eigenvalue weighted by atomic mass is 16.5. The molecule has 122 valence electrons. The monoisotopic (exact) mass is 300 g/mol. The highest BCUT2D eigenvalue weighted by Crippen LogP contribution is 2.14. The fourth-order valence-corrected chi connectivity index (χ4v) is 2.26. The standard InChI is InChI=1S/C15H28N2O4/c1-4-15(2,3)16-13(18)11-17-8-5-12(6-9-17)21-10-7-14(19)20/h12H,4-11H2,1-3H3,(H,16,18)(H,19,20). The van der Waals surface area contributed by atoms with E-state index in [-0.39, 0.29) is 30.6 Å². The maximum atomic E-state index is 12.0. The van der Waals surface area contributed by atoms with Crippen LogP contribution in [0.3, 0.4) is 0 Å². The molecule has 1 aliphatic heterocycles. The minimum atomic E-state index is -0.831. The van der Waals surface area contributed by atoms with Gasteiger partial charge in [0.05, 0.1) is 25.7 Å². The van der Waals surface area contributed by atoms with Gasteiger partial charge in [-0.25, -0.2) is 0 Å². The van der Waals surface area contributed by atoms with E-state index < -0.39 is 5.97 Å². The molecule has 6 nitrogen and oxygen atoms in total. The van der Waals surface area contributed by atoms with Crippen LogP contribution >= 0.6 is 0 Å². The number of carboxylic acids is 1. The van der Waals surface area contributed by atoms with Gasteiger partial charge in [0.2, 0.25) is 5.91 Å². The lowest BCUT2D eigenvalue weighted by atomic mass is 10.0. The maximum absolute atomic E-state index is 12.0. The first-order valence-electron chi connectivity index (χ1n) is 7.69. The second-order valence-electron chi connectivity index (χ2n) is 6.28. The largest absolute Gasteiger partial charge is 0.481 e. The van der Waals surface area contributed by atoms with Crippen LogP contribution in [0.1, 0.15) is 46.5 Å². The van der Waals surface area contributed by atoms with E-state index >= 15 is 0 Å². The van der Waals surface area contributed by atoms with Crippen molar-refractivity contribution in [3.05, 3.63) is 0 Å². The number of ether oxygens (including phenoxy) is 1. The minimum absolute atomic E-state index is 0.0503. The average Bonchev–Trinajstić information content (AvgIpc) is 2.39. The minimum Gasteiger partial charge on any atom is -0.481 e. The van der Waals surface area contributed by atoms with E-state index in [0.717, 1.165) is 32.4 Å². The first-order valence-corrected chi connectivity index (χ1v) is 7.69. The van der Waals surface area contributed by atoms with Crippen molar-refractivity contribution in [2.45, 2.75) is 58.1 Å². The number of nitrogens with one attached hydrogen (secondary N) is 1. The van der Waals surface area contributed by atoms with Crippen molar-refractivity contribution in [2.24, 2.45) is 0 Å². The topological polar surface area (TPSA) is 78.9 Å². The van der Waals surface area contributed by atoms with Gasteiger partial charge in [0.1, 0.15) is 0 Å². The number of hydrogen-bond acceptors (Lipinski definition) is 4. The Hall–Kier alpha value is -1.14. The number of carboxylic acid groups (broad SMARTS) is 1. The van der Waals surface area contributed by atoms with Crippen LogP contribution in [0.5, 0.6) is 0 Å². The number of aliphatic carboxylic acids is 1. The lowest BCUT2D eigenvalue weighted by molar-refractivity contribution is -0.139. The van der Waals surface area contributed by atoms with Crippen LogP contribution in [-0.4, -0.2) is 59.8 Å². The average molecular weight is 300 g/mol. The number of hydrogen-bond donors (Lipinski definition) is 2. The fourth-order valence-electron chi connectivity index (χ4n) is 2.26. The summed E-state index contributed by atoms with van der Waals surface area (Å²) in [5.74, 6) is -0.769. The van der Waals surface area contributed by atoms with Crippen molar-refractivity contribution in [1.82, 2.24) is 10.2 Å². The zero-order chi connectivity index (χ0) is 15.9. The number of carbonyl (C=O) groups excluding carboxylic acids is 1. The Balaban J connectivity index is 2.21. The van der Waals surface area contributed by atoms with Crippen molar-refractivity contribution in [1.29, 1.82) is 0 Å². The van der Waals surface area contributed by atoms with E-state index in [1.165, 1.54) is 0 Å². The summed E-state index contributed by atoms with van der Waals surface area (Å²) in [7, 11) is 0. The van der Waals surface area contributed by atoms with Gasteiger partial charge in [0, 0.05) is 18.6 Å². The number of rotatable bonds is 8. The predicted molar refractivity (Wildman–Crippen MR) is 80.2 cm³/mol. The molecular weight excluding hydrogens is 272 g/mol. The van der Waals surface area contributed by atoms with Gasteiger partial charge in [-0.15, -0.1) is 0 Å². The van der Waals surface area contributed by atoms with Crippen molar-refractivity contribution in [2.75, 3.05) is 26.2 Å². The molecule has 1 aliphatic rings. The van der Waals surface area contributed by atoms with Crippen molar-refractivity contribution in [3.8, 4) is 0 Å². The van der Waals surface area contributed by atoms with Gasteiger partial charge >= 0.3 is 5.97 Å². The molecular formula is C15H28N2O4. The molecule has 0 unspecified atom stereocenters. The molecule has 0 saturated carbocycles. The summed E-state index contributed by atoms with van der Waals surface area (Å²) >= 11 is 0. The molecule has 1 heterocycles. The fraction of sp³-hybridized carbons (Fsp3) is 0.867. The maximum Gasteiger partial charge on any atom is 0.305 e. The summed E-state index contributed by atoms with van der Waals surface area (Å²) in [5, 5.41) is 11.6. The van der Waals surface area contributed by atoms with Crippen LogP contribution in [0, 0.1) is 0 Å². The third kappa shape index (κ3) is 7.43. The van der Waals surface area contributed by atoms with E-state index in [0.29, 0.717) is 6.54 Å². The molecule has 1 fully saturated rings. The SMILES string of the molecule is CCC(C)(C)NC(=O)CN1CCC(OCCC(=O)O)CC1. The lowest BCUT2D eigenvalue weighted by Crippen LogP contribution is -2.49. The molecule has 0 aromatic rings. The van der Waals surface area contributed by atoms with Crippen molar-refractivity contribution >= 4 is 11.9 Å². The Labute approximate surface area is 126 Å². The quantitative estimate of drug-likeness (QED) is 0.705. The summed E-state index contributed by atoms with van der Waals surface area (Å²) in [6.45, 7) is 8.42. The molecule has 0 atom stereocenters. The van der Waals surface area contributed by atoms with Crippen molar-refractivity contribution in [3.63, 3.8) is 0 Å². The molecule has 0 aliphatic carbocycles. The van der Waals surface area contributed by atoms with Gasteiger partial charge < -0.3 is 15.2 Å². The highest BCUT2D eigenvalue weighted by molar-refractivity contribution is 5.78. The van der Waals surface area contributed by atoms with Gasteiger partial charge in [-0.2, -0.15) is 0 Å². The number of carbonyl (C=O) groups is 2. The second-order valence-corrected chi connectivity index (χ2v) is 6.28. The third-order valence-electron chi connectivity index (χ3n) is 3.93. The third-order valence-corrected chi connectivity index (χ3v) is 3.93. The van der Waals surface area contributed by atoms with Crippen LogP contribution in [0.2, 0.25) is 0 Å². The number of amides is 1. The Morgan fingerprint density at radius 2 is 1.95 bits per heavy atom. The van der Waals surface area contributed by atoms with Gasteiger partial charge in [-0.1, -0.05) is 6.92 Å². The van der Waals surface area contributed by atoms with Crippen LogP contribution in [-0.2, 0) is 14.3 Å². The molecule has 0 radical (unpaired) electrons. The summed E-state index contributed by atoms with van der Waals surface area (Å²) in [6.07, 6.45) is 2.77. The molecule has 1 amide bonds. The predicted octanol–water partition coefficient (Wildman–Crippen LogP) is 1.25. The smallest absolute Gasteiger partial charge is 0.305 e. The summed E-state index contributed by atoms with van der Waals surface area (Å²) in [6, 6.07) is 0. The van der Waals surface area contributed by atoms with Gasteiger partial charge in [0.25, 0.3) is 0 Å². The van der Waals surface area contributed by atoms with E-state index in [2.05, 4.69) is 17.1 Å².